The first-order valence-corrected chi connectivity index (χ1v) is 18.3. The number of esters is 1. The predicted molar refractivity (Wildman–Crippen MR) is 182 cm³/mol. The van der Waals surface area contributed by atoms with Crippen LogP contribution in [-0.4, -0.2) is 51.6 Å². The van der Waals surface area contributed by atoms with Gasteiger partial charge in [0, 0.05) is 6.42 Å². The summed E-state index contributed by atoms with van der Waals surface area (Å²) in [5, 5.41) is 13.8. The van der Waals surface area contributed by atoms with Crippen molar-refractivity contribution in [3.63, 3.8) is 0 Å². The number of benzene rings is 5. The van der Waals surface area contributed by atoms with Crippen molar-refractivity contribution in [1.29, 1.82) is 0 Å². The minimum Gasteiger partial charge on any atom is -0.491 e. The van der Waals surface area contributed by atoms with Crippen molar-refractivity contribution in [1.82, 2.24) is 0 Å². The number of rotatable bonds is 15. The molecule has 0 heterocycles. The Morgan fingerprint density at radius 3 is 1.63 bits per heavy atom. The Bertz CT molecular complexity index is 1670. The summed E-state index contributed by atoms with van der Waals surface area (Å²) in [4.78, 5) is 12.4. The molecule has 5 aromatic rings. The largest absolute Gasteiger partial charge is 0.491 e. The number of ether oxygens (including phenoxy) is 2. The highest BCUT2D eigenvalue weighted by Crippen LogP contribution is 2.55. The van der Waals surface area contributed by atoms with Crippen LogP contribution in [0.4, 0.5) is 0 Å². The number of hydrogen-bond donors (Lipinski definition) is 1. The fourth-order valence-electron chi connectivity index (χ4n) is 5.19. The monoisotopic (exact) mass is 655 g/mol. The van der Waals surface area contributed by atoms with E-state index in [9.17, 15) is 18.3 Å². The summed E-state index contributed by atoms with van der Waals surface area (Å²) >= 11 is 0. The molecule has 5 rings (SSSR count). The first-order chi connectivity index (χ1) is 22.4. The van der Waals surface area contributed by atoms with E-state index in [2.05, 4.69) is 36.4 Å². The SMILES string of the molecule is O=C(OCC(O)COc1ccccc1)c1ccc(S(=O)(=O)OCCC[P+](c2ccccc2)(c2ccccc2)c2ccccc2)cc1. The summed E-state index contributed by atoms with van der Waals surface area (Å²) in [5.74, 6) is -0.0943. The molecule has 0 bridgehead atoms. The molecule has 0 fully saturated rings. The number of carbonyl (C=O) groups is 1. The van der Waals surface area contributed by atoms with Crippen LogP contribution in [0.2, 0.25) is 0 Å². The molecule has 0 radical (unpaired) electrons. The van der Waals surface area contributed by atoms with Gasteiger partial charge in [-0.25, -0.2) is 4.79 Å². The third-order valence-electron chi connectivity index (χ3n) is 7.44. The average Bonchev–Trinajstić information content (AvgIpc) is 3.11. The molecular formula is C37H36O7PS+. The van der Waals surface area contributed by atoms with E-state index in [4.69, 9.17) is 13.7 Å². The number of hydrogen-bond acceptors (Lipinski definition) is 7. The van der Waals surface area contributed by atoms with Crippen LogP contribution < -0.4 is 20.7 Å². The highest BCUT2D eigenvalue weighted by Gasteiger charge is 2.44. The van der Waals surface area contributed by atoms with E-state index in [0.717, 1.165) is 0 Å². The Kier molecular flexibility index (Phi) is 11.3. The number of aliphatic hydroxyl groups excluding tert-OH is 1. The van der Waals surface area contributed by atoms with Crippen molar-refractivity contribution >= 4 is 39.3 Å². The van der Waals surface area contributed by atoms with Crippen LogP contribution in [0.5, 0.6) is 5.75 Å². The van der Waals surface area contributed by atoms with Crippen LogP contribution >= 0.6 is 7.26 Å². The topological polar surface area (TPSA) is 99.1 Å². The standard InChI is InChI=1S/C37H36O7PS/c38-31(28-42-32-14-5-1-6-15-32)29-43-37(39)30-22-24-36(25-23-30)46(40,41)44-26-13-27-45(33-16-7-2-8-17-33,34-18-9-3-10-19-34)35-20-11-4-12-21-35/h1-12,14-25,31,38H,13,26-29H2/q+1. The minimum absolute atomic E-state index is 0.00329. The zero-order valence-corrected chi connectivity index (χ0v) is 26.9. The van der Waals surface area contributed by atoms with Crippen LogP contribution in [0.25, 0.3) is 0 Å². The second-order valence-corrected chi connectivity index (χ2v) is 15.8. The highest BCUT2D eigenvalue weighted by molar-refractivity contribution is 7.95. The van der Waals surface area contributed by atoms with Gasteiger partial charge >= 0.3 is 5.97 Å². The maximum absolute atomic E-state index is 13.1. The molecule has 0 aliphatic carbocycles. The lowest BCUT2D eigenvalue weighted by Crippen LogP contribution is -2.33. The van der Waals surface area contributed by atoms with E-state index in [-0.39, 0.29) is 30.3 Å². The fraction of sp³-hybridized carbons (Fsp3) is 0.162. The van der Waals surface area contributed by atoms with Gasteiger partial charge in [-0.15, -0.1) is 0 Å². The van der Waals surface area contributed by atoms with E-state index in [1.54, 1.807) is 12.1 Å². The van der Waals surface area contributed by atoms with Crippen molar-refractivity contribution < 1.29 is 32.0 Å². The number of carbonyl (C=O) groups excluding carboxylic acids is 1. The molecule has 5 aromatic carbocycles. The summed E-state index contributed by atoms with van der Waals surface area (Å²) in [5.41, 5.74) is 0.151. The molecule has 1 atom stereocenters. The van der Waals surface area contributed by atoms with E-state index < -0.39 is 29.5 Å². The maximum atomic E-state index is 13.1. The van der Waals surface area contributed by atoms with E-state index in [1.165, 1.54) is 40.2 Å². The van der Waals surface area contributed by atoms with Gasteiger partial charge in [-0.2, -0.15) is 8.42 Å². The van der Waals surface area contributed by atoms with Crippen LogP contribution in [0, 0.1) is 0 Å². The zero-order valence-electron chi connectivity index (χ0n) is 25.2. The Morgan fingerprint density at radius 1 is 0.652 bits per heavy atom. The van der Waals surface area contributed by atoms with Crippen molar-refractivity contribution in [2.45, 2.75) is 17.4 Å². The smallest absolute Gasteiger partial charge is 0.338 e. The lowest BCUT2D eigenvalue weighted by molar-refractivity contribution is 0.0130. The van der Waals surface area contributed by atoms with Gasteiger partial charge in [-0.05, 0) is 72.8 Å². The van der Waals surface area contributed by atoms with Crippen LogP contribution in [-0.2, 0) is 19.0 Å². The predicted octanol–water partition coefficient (Wildman–Crippen LogP) is 5.37. The van der Waals surface area contributed by atoms with Crippen LogP contribution in [0.1, 0.15) is 16.8 Å². The molecule has 46 heavy (non-hydrogen) atoms. The molecule has 0 aliphatic rings. The van der Waals surface area contributed by atoms with Gasteiger partial charge in [0.1, 0.15) is 48.2 Å². The van der Waals surface area contributed by atoms with Gasteiger partial charge in [-0.1, -0.05) is 72.8 Å². The summed E-state index contributed by atoms with van der Waals surface area (Å²) in [7, 11) is -6.18. The van der Waals surface area contributed by atoms with Crippen molar-refractivity contribution in [2.24, 2.45) is 0 Å². The molecule has 0 amide bonds. The lowest BCUT2D eigenvalue weighted by atomic mass is 10.2. The summed E-state index contributed by atoms with van der Waals surface area (Å²) < 4.78 is 42.3. The molecule has 236 valence electrons. The minimum atomic E-state index is -4.07. The molecule has 0 aliphatic heterocycles. The van der Waals surface area contributed by atoms with Crippen molar-refractivity contribution in [3.8, 4) is 5.75 Å². The number of para-hydroxylation sites is 1. The van der Waals surface area contributed by atoms with Gasteiger partial charge in [0.15, 0.2) is 0 Å². The van der Waals surface area contributed by atoms with Crippen molar-refractivity contribution in [3.05, 3.63) is 151 Å². The molecule has 1 unspecified atom stereocenters. The summed E-state index contributed by atoms with van der Waals surface area (Å²) in [6.45, 7) is -0.311. The molecule has 7 nitrogen and oxygen atoms in total. The molecular weight excluding hydrogens is 619 g/mol. The first-order valence-electron chi connectivity index (χ1n) is 15.0. The Labute approximate surface area is 270 Å². The average molecular weight is 656 g/mol. The van der Waals surface area contributed by atoms with Gasteiger partial charge in [0.05, 0.1) is 23.2 Å². The third kappa shape index (κ3) is 8.27. The fourth-order valence-corrected chi connectivity index (χ4v) is 10.4. The quantitative estimate of drug-likeness (QED) is 0.0701. The van der Waals surface area contributed by atoms with Gasteiger partial charge < -0.3 is 14.6 Å². The van der Waals surface area contributed by atoms with E-state index in [0.29, 0.717) is 18.3 Å². The van der Waals surface area contributed by atoms with Crippen LogP contribution in [0.15, 0.2) is 150 Å². The highest BCUT2D eigenvalue weighted by atomic mass is 32.2. The Balaban J connectivity index is 1.20. The number of aliphatic hydroxyl groups is 1. The zero-order chi connectivity index (χ0) is 32.2. The molecule has 0 saturated heterocycles. The van der Waals surface area contributed by atoms with Gasteiger partial charge in [0.25, 0.3) is 10.1 Å². The molecule has 0 spiro atoms. The molecule has 9 heteroatoms. The van der Waals surface area contributed by atoms with E-state index in [1.807, 2.05) is 72.8 Å². The third-order valence-corrected chi connectivity index (χ3v) is 13.3. The van der Waals surface area contributed by atoms with Crippen LogP contribution in [0.3, 0.4) is 0 Å². The van der Waals surface area contributed by atoms with Gasteiger partial charge in [0.2, 0.25) is 0 Å². The van der Waals surface area contributed by atoms with Crippen molar-refractivity contribution in [2.75, 3.05) is 26.0 Å². The summed E-state index contributed by atoms with van der Waals surface area (Å²) in [6.07, 6.45) is 0.198. The van der Waals surface area contributed by atoms with Gasteiger partial charge in [-0.3, -0.25) is 4.18 Å². The maximum Gasteiger partial charge on any atom is 0.338 e. The second-order valence-electron chi connectivity index (χ2n) is 10.6. The first kappa shape index (κ1) is 33.0. The summed E-state index contributed by atoms with van der Waals surface area (Å²) in [6, 6.07) is 45.5. The Morgan fingerprint density at radius 2 is 1.13 bits per heavy atom. The lowest BCUT2D eigenvalue weighted by Gasteiger charge is -2.27. The normalized spacial score (nSPS) is 12.3. The molecule has 0 aromatic heterocycles. The molecule has 0 saturated carbocycles. The second kappa shape index (κ2) is 15.8. The Hall–Kier alpha value is -4.33. The molecule has 1 N–H and O–H groups in total. The van der Waals surface area contributed by atoms with E-state index >= 15 is 0 Å².